The van der Waals surface area contributed by atoms with Gasteiger partial charge in [0.05, 0.1) is 17.7 Å². The summed E-state index contributed by atoms with van der Waals surface area (Å²) in [5, 5.41) is 0. The number of oxazole rings is 1. The zero-order chi connectivity index (χ0) is 20.4. The highest BCUT2D eigenvalue weighted by molar-refractivity contribution is 5.78. The van der Waals surface area contributed by atoms with Crippen molar-refractivity contribution < 1.29 is 27.1 Å². The summed E-state index contributed by atoms with van der Waals surface area (Å²) in [4.78, 5) is 18.2. The molecule has 29 heavy (non-hydrogen) atoms. The maximum absolute atomic E-state index is 12.7. The second-order valence-electron chi connectivity index (χ2n) is 6.78. The first-order valence-electron chi connectivity index (χ1n) is 9.00. The highest BCUT2D eigenvalue weighted by Gasteiger charge is 2.30. The molecule has 4 rings (SSSR count). The maximum atomic E-state index is 12.7. The first kappa shape index (κ1) is 19.0. The minimum atomic E-state index is -4.38. The number of ether oxygens (including phenoxy) is 1. The van der Waals surface area contributed by atoms with E-state index in [-0.39, 0.29) is 12.3 Å². The molecule has 0 saturated carbocycles. The van der Waals surface area contributed by atoms with Gasteiger partial charge in [0.15, 0.2) is 6.39 Å². The Balaban J connectivity index is 1.45. The first-order valence-corrected chi connectivity index (χ1v) is 9.00. The van der Waals surface area contributed by atoms with Crippen LogP contribution in [0.2, 0.25) is 0 Å². The predicted molar refractivity (Wildman–Crippen MR) is 97.3 cm³/mol. The molecule has 0 unspecified atom stereocenters. The van der Waals surface area contributed by atoms with Crippen LogP contribution in [0.1, 0.15) is 22.4 Å². The van der Waals surface area contributed by atoms with E-state index < -0.39 is 11.7 Å². The molecule has 1 aromatic heterocycles. The van der Waals surface area contributed by atoms with Gasteiger partial charge in [0.2, 0.25) is 5.91 Å². The molecule has 5 nitrogen and oxygen atoms in total. The van der Waals surface area contributed by atoms with Crippen LogP contribution in [0.15, 0.2) is 59.5 Å². The number of benzene rings is 2. The van der Waals surface area contributed by atoms with Crippen molar-refractivity contribution in [1.29, 1.82) is 0 Å². The molecule has 1 amide bonds. The Morgan fingerprint density at radius 2 is 1.86 bits per heavy atom. The minimum absolute atomic E-state index is 0.0430. The lowest BCUT2D eigenvalue weighted by atomic mass is 9.99. The van der Waals surface area contributed by atoms with E-state index in [1.54, 1.807) is 11.0 Å². The van der Waals surface area contributed by atoms with Crippen LogP contribution < -0.4 is 4.74 Å². The monoisotopic (exact) mass is 402 g/mol. The van der Waals surface area contributed by atoms with E-state index in [0.29, 0.717) is 30.3 Å². The quantitative estimate of drug-likeness (QED) is 0.639. The van der Waals surface area contributed by atoms with Gasteiger partial charge in [0.1, 0.15) is 17.8 Å². The van der Waals surface area contributed by atoms with Crippen molar-refractivity contribution in [2.24, 2.45) is 0 Å². The Hall–Kier alpha value is -3.29. The molecule has 2 aromatic carbocycles. The molecular formula is C21H17F3N2O3. The van der Waals surface area contributed by atoms with Crippen molar-refractivity contribution in [3.8, 4) is 11.5 Å². The number of alkyl halides is 3. The Morgan fingerprint density at radius 1 is 1.10 bits per heavy atom. The van der Waals surface area contributed by atoms with Gasteiger partial charge < -0.3 is 14.1 Å². The lowest BCUT2D eigenvalue weighted by molar-refractivity contribution is -0.137. The van der Waals surface area contributed by atoms with Gasteiger partial charge in [0, 0.05) is 13.1 Å². The van der Waals surface area contributed by atoms with Gasteiger partial charge in [0.25, 0.3) is 0 Å². The lowest BCUT2D eigenvalue weighted by Gasteiger charge is -2.29. The Morgan fingerprint density at radius 3 is 2.55 bits per heavy atom. The fourth-order valence-corrected chi connectivity index (χ4v) is 3.25. The Labute approximate surface area is 164 Å². The van der Waals surface area contributed by atoms with Crippen molar-refractivity contribution >= 4 is 5.91 Å². The van der Waals surface area contributed by atoms with Crippen LogP contribution in [0, 0.1) is 0 Å². The molecule has 2 heterocycles. The van der Waals surface area contributed by atoms with E-state index in [0.717, 1.165) is 29.7 Å². The number of hydrogen-bond donors (Lipinski definition) is 0. The van der Waals surface area contributed by atoms with Gasteiger partial charge in [-0.15, -0.1) is 0 Å². The molecule has 0 aliphatic carbocycles. The number of halogens is 3. The average Bonchev–Trinajstić information content (AvgIpc) is 3.20. The molecule has 0 saturated heterocycles. The van der Waals surface area contributed by atoms with E-state index in [4.69, 9.17) is 9.15 Å². The van der Waals surface area contributed by atoms with Crippen LogP contribution in [-0.4, -0.2) is 22.3 Å². The molecule has 0 fully saturated rings. The van der Waals surface area contributed by atoms with Crippen molar-refractivity contribution in [3.63, 3.8) is 0 Å². The highest BCUT2D eigenvalue weighted by atomic mass is 19.4. The van der Waals surface area contributed by atoms with Gasteiger partial charge in [-0.25, -0.2) is 4.98 Å². The summed E-state index contributed by atoms with van der Waals surface area (Å²) in [7, 11) is 0. The van der Waals surface area contributed by atoms with Gasteiger partial charge in [-0.1, -0.05) is 6.07 Å². The van der Waals surface area contributed by atoms with Gasteiger partial charge in [-0.2, -0.15) is 13.2 Å². The smallest absolute Gasteiger partial charge is 0.416 e. The van der Waals surface area contributed by atoms with E-state index >= 15 is 0 Å². The van der Waals surface area contributed by atoms with Crippen molar-refractivity contribution in [3.05, 3.63) is 77.5 Å². The lowest BCUT2D eigenvalue weighted by Crippen LogP contribution is -2.36. The minimum Gasteiger partial charge on any atom is -0.457 e. The topological polar surface area (TPSA) is 55.6 Å². The van der Waals surface area contributed by atoms with Crippen LogP contribution in [-0.2, 0) is 30.4 Å². The molecule has 0 N–H and O–H groups in total. The van der Waals surface area contributed by atoms with Gasteiger partial charge in [-0.05, 0) is 53.9 Å². The number of amides is 1. The predicted octanol–water partition coefficient (Wildman–Crippen LogP) is 4.61. The summed E-state index contributed by atoms with van der Waals surface area (Å²) in [5.74, 6) is 0.778. The third-order valence-corrected chi connectivity index (χ3v) is 4.78. The van der Waals surface area contributed by atoms with Gasteiger partial charge in [-0.3, -0.25) is 4.79 Å². The standard InChI is InChI=1S/C21H17F3N2O3/c22-21(23,24)16-2-5-18(6-3-16)29-19-4-1-14-7-8-26(11-15(14)9-19)20(27)10-17-12-28-13-25-17/h1-6,9,12-13H,7-8,10-11H2. The van der Waals surface area contributed by atoms with Gasteiger partial charge >= 0.3 is 6.18 Å². The van der Waals surface area contributed by atoms with Crippen LogP contribution in [0.4, 0.5) is 13.2 Å². The summed E-state index contributed by atoms with van der Waals surface area (Å²) < 4.78 is 48.6. The fourth-order valence-electron chi connectivity index (χ4n) is 3.25. The zero-order valence-corrected chi connectivity index (χ0v) is 15.3. The number of hydrogen-bond acceptors (Lipinski definition) is 4. The van der Waals surface area contributed by atoms with E-state index in [1.165, 1.54) is 24.8 Å². The van der Waals surface area contributed by atoms with E-state index in [2.05, 4.69) is 4.98 Å². The maximum Gasteiger partial charge on any atom is 0.416 e. The average molecular weight is 402 g/mol. The SMILES string of the molecule is O=C(Cc1cocn1)N1CCc2ccc(Oc3ccc(C(F)(F)F)cc3)cc2C1. The second-order valence-corrected chi connectivity index (χ2v) is 6.78. The molecule has 0 bridgehead atoms. The molecule has 0 spiro atoms. The number of nitrogens with zero attached hydrogens (tertiary/aromatic N) is 2. The fraction of sp³-hybridized carbons (Fsp3) is 0.238. The summed E-state index contributed by atoms with van der Waals surface area (Å²) in [6.07, 6.45) is -0.745. The summed E-state index contributed by atoms with van der Waals surface area (Å²) >= 11 is 0. The van der Waals surface area contributed by atoms with Crippen molar-refractivity contribution in [2.45, 2.75) is 25.6 Å². The summed E-state index contributed by atoms with van der Waals surface area (Å²) in [5.41, 5.74) is 1.93. The Bertz CT molecular complexity index is 999. The number of aromatic nitrogens is 1. The normalized spacial score (nSPS) is 13.8. The number of rotatable bonds is 4. The summed E-state index contributed by atoms with van der Waals surface area (Å²) in [6, 6.07) is 10.1. The van der Waals surface area contributed by atoms with E-state index in [9.17, 15) is 18.0 Å². The van der Waals surface area contributed by atoms with Crippen LogP contribution in [0.3, 0.4) is 0 Å². The zero-order valence-electron chi connectivity index (χ0n) is 15.3. The molecule has 8 heteroatoms. The van der Waals surface area contributed by atoms with Crippen molar-refractivity contribution in [2.75, 3.05) is 6.54 Å². The molecule has 1 aliphatic rings. The molecule has 1 aliphatic heterocycles. The third-order valence-electron chi connectivity index (χ3n) is 4.78. The molecule has 3 aromatic rings. The van der Waals surface area contributed by atoms with Crippen LogP contribution in [0.25, 0.3) is 0 Å². The molecule has 0 atom stereocenters. The largest absolute Gasteiger partial charge is 0.457 e. The van der Waals surface area contributed by atoms with Crippen LogP contribution in [0.5, 0.6) is 11.5 Å². The second kappa shape index (κ2) is 7.62. The molecule has 150 valence electrons. The van der Waals surface area contributed by atoms with Crippen molar-refractivity contribution in [1.82, 2.24) is 9.88 Å². The highest BCUT2D eigenvalue weighted by Crippen LogP contribution is 2.32. The number of carbonyl (C=O) groups excluding carboxylic acids is 1. The Kier molecular flexibility index (Phi) is 5.00. The number of carbonyl (C=O) groups is 1. The number of fused-ring (bicyclic) bond motifs is 1. The third kappa shape index (κ3) is 4.42. The first-order chi connectivity index (χ1) is 13.9. The summed E-state index contributed by atoms with van der Waals surface area (Å²) in [6.45, 7) is 1.05. The molecule has 0 radical (unpaired) electrons. The van der Waals surface area contributed by atoms with Crippen LogP contribution >= 0.6 is 0 Å². The van der Waals surface area contributed by atoms with E-state index in [1.807, 2.05) is 12.1 Å². The molecular weight excluding hydrogens is 385 g/mol.